The van der Waals surface area contributed by atoms with Crippen LogP contribution in [0.4, 0.5) is 15.6 Å². The molecule has 0 aliphatic carbocycles. The standard InChI is InChI=1S/C16H20N2O3S/c1-11-7-5-6-8-13(11)18(15(20)21-16(2,3)4)14-17-12(9-19)10-22-14/h5-8,10,19H,9H2,1-4H3. The van der Waals surface area contributed by atoms with Gasteiger partial charge in [0.2, 0.25) is 0 Å². The first kappa shape index (κ1) is 16.5. The van der Waals surface area contributed by atoms with E-state index in [-0.39, 0.29) is 6.61 Å². The van der Waals surface area contributed by atoms with E-state index >= 15 is 0 Å². The van der Waals surface area contributed by atoms with Gasteiger partial charge in [0.1, 0.15) is 5.60 Å². The van der Waals surface area contributed by atoms with Crippen molar-refractivity contribution in [3.05, 3.63) is 40.9 Å². The van der Waals surface area contributed by atoms with E-state index in [1.165, 1.54) is 16.2 Å². The maximum Gasteiger partial charge on any atom is 0.421 e. The molecule has 0 aliphatic heterocycles. The molecule has 0 radical (unpaired) electrons. The lowest BCUT2D eigenvalue weighted by Crippen LogP contribution is -2.34. The van der Waals surface area contributed by atoms with E-state index in [0.29, 0.717) is 10.8 Å². The Kier molecular flexibility index (Phi) is 4.83. The Morgan fingerprint density at radius 3 is 2.59 bits per heavy atom. The van der Waals surface area contributed by atoms with Gasteiger partial charge in [0.25, 0.3) is 0 Å². The van der Waals surface area contributed by atoms with E-state index in [1.807, 2.05) is 52.0 Å². The third-order valence-electron chi connectivity index (χ3n) is 2.83. The second kappa shape index (κ2) is 6.46. The zero-order chi connectivity index (χ0) is 16.3. The minimum absolute atomic E-state index is 0.160. The number of rotatable bonds is 3. The average Bonchev–Trinajstić information content (AvgIpc) is 2.88. The van der Waals surface area contributed by atoms with Gasteiger partial charge in [0, 0.05) is 5.38 Å². The van der Waals surface area contributed by atoms with Crippen molar-refractivity contribution in [3.63, 3.8) is 0 Å². The van der Waals surface area contributed by atoms with Crippen LogP contribution in [0.3, 0.4) is 0 Å². The number of ether oxygens (including phenoxy) is 1. The maximum atomic E-state index is 12.6. The molecule has 0 bridgehead atoms. The molecular formula is C16H20N2O3S. The van der Waals surface area contributed by atoms with Crippen LogP contribution in [0.1, 0.15) is 32.0 Å². The van der Waals surface area contributed by atoms with Gasteiger partial charge >= 0.3 is 6.09 Å². The summed E-state index contributed by atoms with van der Waals surface area (Å²) in [5, 5.41) is 11.4. The summed E-state index contributed by atoms with van der Waals surface area (Å²) < 4.78 is 5.50. The van der Waals surface area contributed by atoms with Gasteiger partial charge in [0.15, 0.2) is 5.13 Å². The van der Waals surface area contributed by atoms with Crippen molar-refractivity contribution in [1.29, 1.82) is 0 Å². The molecule has 0 spiro atoms. The Hall–Kier alpha value is -1.92. The molecule has 0 saturated heterocycles. The number of thiazole rings is 1. The minimum Gasteiger partial charge on any atom is -0.443 e. The van der Waals surface area contributed by atoms with Crippen molar-refractivity contribution >= 4 is 28.2 Å². The SMILES string of the molecule is Cc1ccccc1N(C(=O)OC(C)(C)C)c1nc(CO)cs1. The predicted octanol–water partition coefficient (Wildman–Crippen LogP) is 4.02. The molecule has 5 nitrogen and oxygen atoms in total. The second-order valence-electron chi connectivity index (χ2n) is 5.88. The molecule has 0 unspecified atom stereocenters. The number of aromatic nitrogens is 1. The third kappa shape index (κ3) is 3.84. The van der Waals surface area contributed by atoms with Gasteiger partial charge in [-0.1, -0.05) is 18.2 Å². The Labute approximate surface area is 134 Å². The fourth-order valence-corrected chi connectivity index (χ4v) is 2.69. The molecule has 0 atom stereocenters. The number of carbonyl (C=O) groups excluding carboxylic acids is 1. The van der Waals surface area contributed by atoms with Gasteiger partial charge in [-0.15, -0.1) is 11.3 Å². The summed E-state index contributed by atoms with van der Waals surface area (Å²) in [5.74, 6) is 0. The summed E-state index contributed by atoms with van der Waals surface area (Å²) in [6.45, 7) is 7.23. The number of para-hydroxylation sites is 1. The van der Waals surface area contributed by atoms with Gasteiger partial charge < -0.3 is 9.84 Å². The number of nitrogens with zero attached hydrogens (tertiary/aromatic N) is 2. The quantitative estimate of drug-likeness (QED) is 0.928. The van der Waals surface area contributed by atoms with E-state index in [2.05, 4.69) is 4.98 Å². The molecule has 6 heteroatoms. The molecule has 1 N–H and O–H groups in total. The van der Waals surface area contributed by atoms with Crippen molar-refractivity contribution in [2.24, 2.45) is 0 Å². The van der Waals surface area contributed by atoms with E-state index in [1.54, 1.807) is 5.38 Å². The summed E-state index contributed by atoms with van der Waals surface area (Å²) in [6.07, 6.45) is -0.486. The number of aryl methyl sites for hydroxylation is 1. The molecule has 22 heavy (non-hydrogen) atoms. The first-order valence-corrected chi connectivity index (χ1v) is 7.84. The highest BCUT2D eigenvalue weighted by atomic mass is 32.1. The Morgan fingerprint density at radius 2 is 2.05 bits per heavy atom. The van der Waals surface area contributed by atoms with Gasteiger partial charge in [0.05, 0.1) is 18.0 Å². The Balaban J connectivity index is 2.45. The zero-order valence-electron chi connectivity index (χ0n) is 13.2. The van der Waals surface area contributed by atoms with Crippen LogP contribution in [0.5, 0.6) is 0 Å². The molecule has 1 aromatic carbocycles. The molecule has 0 fully saturated rings. The largest absolute Gasteiger partial charge is 0.443 e. The van der Waals surface area contributed by atoms with Crippen LogP contribution in [0.25, 0.3) is 0 Å². The fraction of sp³-hybridized carbons (Fsp3) is 0.375. The number of aliphatic hydroxyl groups is 1. The summed E-state index contributed by atoms with van der Waals surface area (Å²) in [7, 11) is 0. The lowest BCUT2D eigenvalue weighted by molar-refractivity contribution is 0.0599. The smallest absolute Gasteiger partial charge is 0.421 e. The number of carbonyl (C=O) groups is 1. The Bertz CT molecular complexity index is 661. The normalized spacial score (nSPS) is 11.3. The summed E-state index contributed by atoms with van der Waals surface area (Å²) >= 11 is 1.29. The van der Waals surface area contributed by atoms with E-state index in [4.69, 9.17) is 4.74 Å². The van der Waals surface area contributed by atoms with Crippen LogP contribution in [-0.4, -0.2) is 21.8 Å². The van der Waals surface area contributed by atoms with Crippen LogP contribution in [0.2, 0.25) is 0 Å². The molecular weight excluding hydrogens is 300 g/mol. The van der Waals surface area contributed by atoms with Crippen molar-refractivity contribution in [3.8, 4) is 0 Å². The number of amides is 1. The predicted molar refractivity (Wildman–Crippen MR) is 87.6 cm³/mol. The zero-order valence-corrected chi connectivity index (χ0v) is 14.0. The van der Waals surface area contributed by atoms with Crippen molar-refractivity contribution < 1.29 is 14.6 Å². The molecule has 1 heterocycles. The minimum atomic E-state index is -0.602. The lowest BCUT2D eigenvalue weighted by Gasteiger charge is -2.26. The van der Waals surface area contributed by atoms with Gasteiger partial charge in [-0.2, -0.15) is 0 Å². The Morgan fingerprint density at radius 1 is 1.36 bits per heavy atom. The van der Waals surface area contributed by atoms with Crippen LogP contribution in [0.15, 0.2) is 29.6 Å². The first-order valence-electron chi connectivity index (χ1n) is 6.96. The van der Waals surface area contributed by atoms with Crippen LogP contribution >= 0.6 is 11.3 Å². The van der Waals surface area contributed by atoms with Gasteiger partial charge in [-0.05, 0) is 39.3 Å². The number of hydrogen-bond acceptors (Lipinski definition) is 5. The molecule has 2 rings (SSSR count). The average molecular weight is 320 g/mol. The maximum absolute atomic E-state index is 12.6. The monoisotopic (exact) mass is 320 g/mol. The molecule has 0 aliphatic rings. The summed E-state index contributed by atoms with van der Waals surface area (Å²) in [6, 6.07) is 7.54. The lowest BCUT2D eigenvalue weighted by atomic mass is 10.2. The van der Waals surface area contributed by atoms with E-state index in [9.17, 15) is 9.90 Å². The molecule has 0 saturated carbocycles. The van der Waals surface area contributed by atoms with Gasteiger partial charge in [-0.3, -0.25) is 0 Å². The van der Waals surface area contributed by atoms with Crippen molar-refractivity contribution in [2.75, 3.05) is 4.90 Å². The summed E-state index contributed by atoms with van der Waals surface area (Å²) in [5.41, 5.74) is 1.58. The van der Waals surface area contributed by atoms with E-state index in [0.717, 1.165) is 11.3 Å². The molecule has 1 amide bonds. The van der Waals surface area contributed by atoms with Crippen LogP contribution in [0, 0.1) is 6.92 Å². The topological polar surface area (TPSA) is 62.7 Å². The van der Waals surface area contributed by atoms with Gasteiger partial charge in [-0.25, -0.2) is 14.7 Å². The highest BCUT2D eigenvalue weighted by molar-refractivity contribution is 7.14. The molecule has 118 valence electrons. The van der Waals surface area contributed by atoms with Crippen molar-refractivity contribution in [2.45, 2.75) is 39.9 Å². The summed E-state index contributed by atoms with van der Waals surface area (Å²) in [4.78, 5) is 18.4. The number of anilines is 2. The van der Waals surface area contributed by atoms with Crippen LogP contribution < -0.4 is 4.90 Å². The van der Waals surface area contributed by atoms with E-state index < -0.39 is 11.7 Å². The second-order valence-corrected chi connectivity index (χ2v) is 6.72. The molecule has 1 aromatic heterocycles. The van der Waals surface area contributed by atoms with Crippen molar-refractivity contribution in [1.82, 2.24) is 4.98 Å². The molecule has 2 aromatic rings. The number of benzene rings is 1. The highest BCUT2D eigenvalue weighted by Gasteiger charge is 2.27. The number of aliphatic hydroxyl groups excluding tert-OH is 1. The highest BCUT2D eigenvalue weighted by Crippen LogP contribution is 2.32. The fourth-order valence-electron chi connectivity index (χ4n) is 1.87. The van der Waals surface area contributed by atoms with Crippen LogP contribution in [-0.2, 0) is 11.3 Å². The number of hydrogen-bond donors (Lipinski definition) is 1. The third-order valence-corrected chi connectivity index (χ3v) is 3.70. The first-order chi connectivity index (χ1) is 10.3.